The molecule has 0 saturated carbocycles. The summed E-state index contributed by atoms with van der Waals surface area (Å²) in [4.78, 5) is 17.2. The number of carbonyl (C=O) groups excluding carboxylic acids is 1. The van der Waals surface area contributed by atoms with E-state index in [0.717, 1.165) is 28.1 Å². The van der Waals surface area contributed by atoms with E-state index in [-0.39, 0.29) is 11.7 Å². The number of carbonyl (C=O) groups is 1. The van der Waals surface area contributed by atoms with Crippen molar-refractivity contribution in [2.45, 2.75) is 5.92 Å². The third-order valence-corrected chi connectivity index (χ3v) is 4.68. The Kier molecular flexibility index (Phi) is 3.24. The van der Waals surface area contributed by atoms with E-state index in [4.69, 9.17) is 0 Å². The van der Waals surface area contributed by atoms with Gasteiger partial charge in [-0.3, -0.25) is 4.79 Å². The topological polar surface area (TPSA) is 42.0 Å². The van der Waals surface area contributed by atoms with Gasteiger partial charge in [-0.2, -0.15) is 11.3 Å². The number of pyridine rings is 1. The maximum atomic E-state index is 12.7. The molecule has 0 aliphatic carbocycles. The number of thiophene rings is 1. The van der Waals surface area contributed by atoms with E-state index in [9.17, 15) is 4.79 Å². The molecule has 0 fully saturated rings. The molecule has 22 heavy (non-hydrogen) atoms. The van der Waals surface area contributed by atoms with Crippen LogP contribution in [0, 0.1) is 0 Å². The van der Waals surface area contributed by atoms with Crippen LogP contribution >= 0.6 is 11.3 Å². The van der Waals surface area contributed by atoms with Crippen molar-refractivity contribution in [3.63, 3.8) is 0 Å². The third kappa shape index (κ3) is 2.22. The number of rotatable bonds is 3. The highest BCUT2D eigenvalue weighted by Gasteiger charge is 2.30. The first-order valence-electron chi connectivity index (χ1n) is 7.18. The highest BCUT2D eigenvalue weighted by Crippen LogP contribution is 2.35. The van der Waals surface area contributed by atoms with Crippen LogP contribution in [0.2, 0.25) is 0 Å². The summed E-state index contributed by atoms with van der Waals surface area (Å²) < 4.78 is 0. The van der Waals surface area contributed by atoms with Gasteiger partial charge in [-0.15, -0.1) is 0 Å². The van der Waals surface area contributed by atoms with Gasteiger partial charge in [0.15, 0.2) is 5.78 Å². The second-order valence-electron chi connectivity index (χ2n) is 5.34. The molecule has 3 heterocycles. The summed E-state index contributed by atoms with van der Waals surface area (Å²) in [5, 5.41) is 7.39. The van der Waals surface area contributed by atoms with E-state index >= 15 is 0 Å². The summed E-state index contributed by atoms with van der Waals surface area (Å²) in [6.07, 6.45) is 1.86. The SMILES string of the molecule is O=C(c1ccccc1)C1CNc2ncc(-c3ccsc3)cc21. The van der Waals surface area contributed by atoms with E-state index in [1.54, 1.807) is 11.3 Å². The van der Waals surface area contributed by atoms with Gasteiger partial charge in [0.05, 0.1) is 5.92 Å². The number of Topliss-reactive ketones (excluding diaryl/α,β-unsaturated/α-hetero) is 1. The molecule has 4 heteroatoms. The van der Waals surface area contributed by atoms with Crippen LogP contribution in [0.1, 0.15) is 21.8 Å². The minimum absolute atomic E-state index is 0.149. The summed E-state index contributed by atoms with van der Waals surface area (Å²) in [5.74, 6) is 0.813. The summed E-state index contributed by atoms with van der Waals surface area (Å²) in [6, 6.07) is 13.6. The van der Waals surface area contributed by atoms with Crippen molar-refractivity contribution < 1.29 is 4.79 Å². The average molecular weight is 306 g/mol. The molecule has 1 aliphatic heterocycles. The lowest BCUT2D eigenvalue weighted by molar-refractivity contribution is 0.0966. The molecule has 2 aromatic heterocycles. The quantitative estimate of drug-likeness (QED) is 0.737. The minimum Gasteiger partial charge on any atom is -0.369 e. The van der Waals surface area contributed by atoms with Crippen LogP contribution in [0.4, 0.5) is 5.82 Å². The van der Waals surface area contributed by atoms with Crippen LogP contribution in [-0.2, 0) is 0 Å². The lowest BCUT2D eigenvalue weighted by Crippen LogP contribution is -2.14. The fourth-order valence-electron chi connectivity index (χ4n) is 2.83. The maximum absolute atomic E-state index is 12.7. The summed E-state index contributed by atoms with van der Waals surface area (Å²) >= 11 is 1.66. The molecule has 1 unspecified atom stereocenters. The van der Waals surface area contributed by atoms with Crippen LogP contribution in [0.3, 0.4) is 0 Å². The number of ketones is 1. The lowest BCUT2D eigenvalue weighted by Gasteiger charge is -2.10. The normalized spacial score (nSPS) is 16.1. The number of aromatic nitrogens is 1. The minimum atomic E-state index is -0.163. The molecule has 108 valence electrons. The van der Waals surface area contributed by atoms with Gasteiger partial charge < -0.3 is 5.32 Å². The lowest BCUT2D eigenvalue weighted by atomic mass is 9.92. The highest BCUT2D eigenvalue weighted by atomic mass is 32.1. The molecule has 1 atom stereocenters. The van der Waals surface area contributed by atoms with Gasteiger partial charge in [-0.05, 0) is 28.5 Å². The fourth-order valence-corrected chi connectivity index (χ4v) is 3.49. The molecule has 1 aliphatic rings. The molecular weight excluding hydrogens is 292 g/mol. The molecule has 0 spiro atoms. The van der Waals surface area contributed by atoms with Crippen LogP contribution in [0.15, 0.2) is 59.4 Å². The molecule has 0 saturated heterocycles. The van der Waals surface area contributed by atoms with Crippen LogP contribution in [-0.4, -0.2) is 17.3 Å². The van der Waals surface area contributed by atoms with Crippen molar-refractivity contribution in [3.05, 3.63) is 70.5 Å². The van der Waals surface area contributed by atoms with Gasteiger partial charge in [0.1, 0.15) is 5.82 Å². The second-order valence-corrected chi connectivity index (χ2v) is 6.12. The molecule has 4 rings (SSSR count). The van der Waals surface area contributed by atoms with E-state index in [1.807, 2.05) is 41.9 Å². The monoisotopic (exact) mass is 306 g/mol. The van der Waals surface area contributed by atoms with Crippen LogP contribution in [0.5, 0.6) is 0 Å². The van der Waals surface area contributed by atoms with Crippen LogP contribution < -0.4 is 5.32 Å². The predicted molar refractivity (Wildman–Crippen MR) is 89.6 cm³/mol. The van der Waals surface area contributed by atoms with Crippen molar-refractivity contribution in [1.82, 2.24) is 4.98 Å². The standard InChI is InChI=1S/C18H14N2OS/c21-17(12-4-2-1-3-5-12)16-10-20-18-15(16)8-14(9-19-18)13-6-7-22-11-13/h1-9,11,16H,10H2,(H,19,20). The van der Waals surface area contributed by atoms with Gasteiger partial charge in [0.25, 0.3) is 0 Å². The smallest absolute Gasteiger partial charge is 0.172 e. The first kappa shape index (κ1) is 13.2. The maximum Gasteiger partial charge on any atom is 0.172 e. The van der Waals surface area contributed by atoms with E-state index in [1.165, 1.54) is 0 Å². The largest absolute Gasteiger partial charge is 0.369 e. The Balaban J connectivity index is 1.72. The zero-order valence-corrected chi connectivity index (χ0v) is 12.6. The molecule has 0 radical (unpaired) electrons. The second kappa shape index (κ2) is 5.39. The first-order chi connectivity index (χ1) is 10.8. The predicted octanol–water partition coefficient (Wildman–Crippen LogP) is 4.20. The van der Waals surface area contributed by atoms with Crippen molar-refractivity contribution in [1.29, 1.82) is 0 Å². The number of anilines is 1. The molecule has 1 N–H and O–H groups in total. The molecule has 0 bridgehead atoms. The number of hydrogen-bond donors (Lipinski definition) is 1. The summed E-state index contributed by atoms with van der Waals surface area (Å²) in [5.41, 5.74) is 3.97. The molecule has 0 amide bonds. The van der Waals surface area contributed by atoms with Crippen molar-refractivity contribution in [2.24, 2.45) is 0 Å². The van der Waals surface area contributed by atoms with Crippen molar-refractivity contribution in [3.8, 4) is 11.1 Å². The molecule has 3 nitrogen and oxygen atoms in total. The highest BCUT2D eigenvalue weighted by molar-refractivity contribution is 7.08. The Morgan fingerprint density at radius 3 is 2.82 bits per heavy atom. The van der Waals surface area contributed by atoms with E-state index in [2.05, 4.69) is 27.8 Å². The Morgan fingerprint density at radius 2 is 2.05 bits per heavy atom. The van der Waals surface area contributed by atoms with E-state index in [0.29, 0.717) is 6.54 Å². The first-order valence-corrected chi connectivity index (χ1v) is 8.13. The van der Waals surface area contributed by atoms with Gasteiger partial charge in [0, 0.05) is 29.4 Å². The fraction of sp³-hybridized carbons (Fsp3) is 0.111. The summed E-state index contributed by atoms with van der Waals surface area (Å²) in [7, 11) is 0. The Bertz CT molecular complexity index is 812. The Hall–Kier alpha value is -2.46. The Morgan fingerprint density at radius 1 is 1.18 bits per heavy atom. The number of nitrogens with one attached hydrogen (secondary N) is 1. The van der Waals surface area contributed by atoms with Gasteiger partial charge >= 0.3 is 0 Å². The molecule has 1 aromatic carbocycles. The number of benzene rings is 1. The molecule has 3 aromatic rings. The Labute approximate surface area is 132 Å². The number of hydrogen-bond acceptors (Lipinski definition) is 4. The molecular formula is C18H14N2OS. The average Bonchev–Trinajstić information content (AvgIpc) is 3.24. The summed E-state index contributed by atoms with van der Waals surface area (Å²) in [6.45, 7) is 0.614. The van der Waals surface area contributed by atoms with Gasteiger partial charge in [-0.1, -0.05) is 30.3 Å². The zero-order chi connectivity index (χ0) is 14.9. The zero-order valence-electron chi connectivity index (χ0n) is 11.8. The van der Waals surface area contributed by atoms with Gasteiger partial charge in [0.2, 0.25) is 0 Å². The number of nitrogens with zero attached hydrogens (tertiary/aromatic N) is 1. The van der Waals surface area contributed by atoms with Crippen LogP contribution in [0.25, 0.3) is 11.1 Å². The van der Waals surface area contributed by atoms with E-state index < -0.39 is 0 Å². The van der Waals surface area contributed by atoms with Crippen molar-refractivity contribution in [2.75, 3.05) is 11.9 Å². The third-order valence-electron chi connectivity index (χ3n) is 4.00. The van der Waals surface area contributed by atoms with Gasteiger partial charge in [-0.25, -0.2) is 4.98 Å². The number of fused-ring (bicyclic) bond motifs is 1. The van der Waals surface area contributed by atoms with Crippen molar-refractivity contribution >= 4 is 22.9 Å².